The molecule has 0 aliphatic carbocycles. The summed E-state index contributed by atoms with van der Waals surface area (Å²) in [6.07, 6.45) is 2.97. The maximum atomic E-state index is 11.1. The minimum absolute atomic E-state index is 0.0509. The molecule has 3 rings (SSSR count). The molecule has 0 fully saturated rings. The van der Waals surface area contributed by atoms with E-state index in [4.69, 9.17) is 9.47 Å². The van der Waals surface area contributed by atoms with Crippen LogP contribution in [0.3, 0.4) is 0 Å². The van der Waals surface area contributed by atoms with Crippen molar-refractivity contribution in [2.75, 3.05) is 14.2 Å². The molecule has 2 aromatic rings. The Balaban J connectivity index is 0.000000174. The van der Waals surface area contributed by atoms with Crippen molar-refractivity contribution < 1.29 is 28.6 Å². The highest BCUT2D eigenvalue weighted by atomic mass is 16.7. The zero-order valence-electron chi connectivity index (χ0n) is 13.0. The van der Waals surface area contributed by atoms with Gasteiger partial charge < -0.3 is 14.2 Å². The largest absolute Gasteiger partial charge is 0.464 e. The maximum Gasteiger partial charge on any atom is 0.360 e. The van der Waals surface area contributed by atoms with Gasteiger partial charge in [0.15, 0.2) is 17.7 Å². The standard InChI is InChI=1S/2C8H7NO3/c1-11-8-5-3-2-4-9-6(5)7(10)12-8;1-12-8(11)7-6(5-10)3-2-4-9-7/h2-4,8H,1H3;2-5H,1H3. The normalized spacial score (nSPS) is 14.8. The van der Waals surface area contributed by atoms with E-state index in [1.165, 1.54) is 26.5 Å². The highest BCUT2D eigenvalue weighted by molar-refractivity contribution is 5.96. The summed E-state index contributed by atoms with van der Waals surface area (Å²) >= 11 is 0. The second kappa shape index (κ2) is 7.93. The smallest absolute Gasteiger partial charge is 0.360 e. The Hall–Kier alpha value is -3.13. The van der Waals surface area contributed by atoms with Gasteiger partial charge in [-0.15, -0.1) is 0 Å². The summed E-state index contributed by atoms with van der Waals surface area (Å²) in [5.74, 6) is -1.02. The molecule has 1 unspecified atom stereocenters. The molecule has 0 saturated carbocycles. The highest BCUT2D eigenvalue weighted by Gasteiger charge is 2.31. The SMILES string of the molecule is COC(=O)c1ncccc1C=O.COC1OC(=O)c2ncccc21. The van der Waals surface area contributed by atoms with Gasteiger partial charge in [-0.3, -0.25) is 4.79 Å². The van der Waals surface area contributed by atoms with Gasteiger partial charge in [-0.2, -0.15) is 0 Å². The number of methoxy groups -OCH3 is 2. The molecule has 0 bridgehead atoms. The monoisotopic (exact) mass is 330 g/mol. The Morgan fingerprint density at radius 3 is 2.58 bits per heavy atom. The lowest BCUT2D eigenvalue weighted by molar-refractivity contribution is -0.0816. The van der Waals surface area contributed by atoms with Crippen LogP contribution in [-0.4, -0.2) is 42.4 Å². The number of carbonyl (C=O) groups excluding carboxylic acids is 3. The topological polar surface area (TPSA) is 105 Å². The van der Waals surface area contributed by atoms with E-state index < -0.39 is 18.2 Å². The van der Waals surface area contributed by atoms with E-state index in [9.17, 15) is 14.4 Å². The van der Waals surface area contributed by atoms with Crippen LogP contribution in [0.25, 0.3) is 0 Å². The zero-order valence-corrected chi connectivity index (χ0v) is 13.0. The molecule has 1 atom stereocenters. The van der Waals surface area contributed by atoms with Crippen LogP contribution in [0.15, 0.2) is 36.7 Å². The van der Waals surface area contributed by atoms with Crippen molar-refractivity contribution in [2.45, 2.75) is 6.29 Å². The Kier molecular flexibility index (Phi) is 5.69. The van der Waals surface area contributed by atoms with E-state index in [0.29, 0.717) is 17.5 Å². The first-order valence-corrected chi connectivity index (χ1v) is 6.79. The predicted molar refractivity (Wildman–Crippen MR) is 80.4 cm³/mol. The number of hydrogen-bond donors (Lipinski definition) is 0. The summed E-state index contributed by atoms with van der Waals surface area (Å²) < 4.78 is 14.2. The molecule has 2 aromatic heterocycles. The van der Waals surface area contributed by atoms with E-state index in [2.05, 4.69) is 14.7 Å². The van der Waals surface area contributed by atoms with Crippen LogP contribution in [0, 0.1) is 0 Å². The Labute approximate surface area is 137 Å². The number of hydrogen-bond acceptors (Lipinski definition) is 8. The number of aromatic nitrogens is 2. The van der Waals surface area contributed by atoms with Gasteiger partial charge in [0.05, 0.1) is 12.7 Å². The average Bonchev–Trinajstić information content (AvgIpc) is 2.98. The van der Waals surface area contributed by atoms with Crippen LogP contribution in [0.4, 0.5) is 0 Å². The number of pyridine rings is 2. The third-order valence-corrected chi connectivity index (χ3v) is 3.06. The van der Waals surface area contributed by atoms with Crippen LogP contribution in [0.5, 0.6) is 0 Å². The van der Waals surface area contributed by atoms with Crippen LogP contribution in [-0.2, 0) is 14.2 Å². The molecule has 24 heavy (non-hydrogen) atoms. The Morgan fingerprint density at radius 1 is 1.21 bits per heavy atom. The van der Waals surface area contributed by atoms with Gasteiger partial charge in [0.25, 0.3) is 0 Å². The number of nitrogens with zero attached hydrogens (tertiary/aromatic N) is 2. The van der Waals surface area contributed by atoms with Crippen molar-refractivity contribution in [1.82, 2.24) is 9.97 Å². The molecule has 0 saturated heterocycles. The van der Waals surface area contributed by atoms with Crippen molar-refractivity contribution in [1.29, 1.82) is 0 Å². The van der Waals surface area contributed by atoms with Crippen molar-refractivity contribution in [3.8, 4) is 0 Å². The lowest BCUT2D eigenvalue weighted by atomic mass is 10.2. The summed E-state index contributed by atoms with van der Waals surface area (Å²) in [5.41, 5.74) is 1.34. The molecular weight excluding hydrogens is 316 g/mol. The van der Waals surface area contributed by atoms with Gasteiger partial charge in [-0.25, -0.2) is 19.6 Å². The molecule has 0 amide bonds. The van der Waals surface area contributed by atoms with Gasteiger partial charge in [-0.1, -0.05) is 0 Å². The molecule has 8 heteroatoms. The number of esters is 2. The molecule has 124 valence electrons. The van der Waals surface area contributed by atoms with E-state index in [0.717, 1.165) is 0 Å². The fourth-order valence-electron chi connectivity index (χ4n) is 1.95. The molecule has 0 spiro atoms. The second-order valence-electron chi connectivity index (χ2n) is 4.46. The molecular formula is C16H14N2O6. The van der Waals surface area contributed by atoms with Crippen molar-refractivity contribution >= 4 is 18.2 Å². The molecule has 0 radical (unpaired) electrons. The number of aldehydes is 1. The fourth-order valence-corrected chi connectivity index (χ4v) is 1.95. The van der Waals surface area contributed by atoms with Crippen LogP contribution < -0.4 is 0 Å². The second-order valence-corrected chi connectivity index (χ2v) is 4.46. The predicted octanol–water partition coefficient (Wildman–Crippen LogP) is 1.58. The summed E-state index contributed by atoms with van der Waals surface area (Å²) in [7, 11) is 2.73. The quantitative estimate of drug-likeness (QED) is 0.617. The highest BCUT2D eigenvalue weighted by Crippen LogP contribution is 2.28. The van der Waals surface area contributed by atoms with Gasteiger partial charge in [0.1, 0.15) is 0 Å². The zero-order chi connectivity index (χ0) is 17.5. The van der Waals surface area contributed by atoms with Crippen molar-refractivity contribution in [3.63, 3.8) is 0 Å². The first-order chi connectivity index (χ1) is 11.6. The van der Waals surface area contributed by atoms with Crippen LogP contribution in [0.2, 0.25) is 0 Å². The fraction of sp³-hybridized carbons (Fsp3) is 0.188. The number of fused-ring (bicyclic) bond motifs is 1. The molecule has 0 N–H and O–H groups in total. The van der Waals surface area contributed by atoms with Gasteiger partial charge in [-0.05, 0) is 24.3 Å². The maximum absolute atomic E-state index is 11.1. The van der Waals surface area contributed by atoms with E-state index in [1.54, 1.807) is 24.4 Å². The summed E-state index contributed by atoms with van der Waals surface area (Å²) in [6, 6.07) is 6.59. The van der Waals surface area contributed by atoms with E-state index in [1.807, 2.05) is 0 Å². The first-order valence-electron chi connectivity index (χ1n) is 6.79. The number of rotatable bonds is 3. The number of carbonyl (C=O) groups is 3. The molecule has 1 aliphatic heterocycles. The first kappa shape index (κ1) is 17.2. The lowest BCUT2D eigenvalue weighted by Crippen LogP contribution is -2.07. The Morgan fingerprint density at radius 2 is 1.92 bits per heavy atom. The van der Waals surface area contributed by atoms with Crippen molar-refractivity contribution in [2.24, 2.45) is 0 Å². The van der Waals surface area contributed by atoms with E-state index in [-0.39, 0.29) is 11.3 Å². The number of ether oxygens (including phenoxy) is 3. The summed E-state index contributed by atoms with van der Waals surface area (Å²) in [4.78, 5) is 40.0. The summed E-state index contributed by atoms with van der Waals surface area (Å²) in [6.45, 7) is 0. The number of cyclic esters (lactones) is 1. The molecule has 8 nitrogen and oxygen atoms in total. The Bertz CT molecular complexity index is 762. The van der Waals surface area contributed by atoms with E-state index >= 15 is 0 Å². The van der Waals surface area contributed by atoms with Gasteiger partial charge in [0, 0.05) is 25.1 Å². The average molecular weight is 330 g/mol. The lowest BCUT2D eigenvalue weighted by Gasteiger charge is -2.05. The molecule has 3 heterocycles. The van der Waals surface area contributed by atoms with Gasteiger partial charge >= 0.3 is 11.9 Å². The van der Waals surface area contributed by atoms with Crippen molar-refractivity contribution in [3.05, 3.63) is 59.2 Å². The van der Waals surface area contributed by atoms with Crippen LogP contribution in [0.1, 0.15) is 43.2 Å². The third-order valence-electron chi connectivity index (χ3n) is 3.06. The third kappa shape index (κ3) is 3.61. The molecule has 1 aliphatic rings. The van der Waals surface area contributed by atoms with Gasteiger partial charge in [0.2, 0.25) is 6.29 Å². The van der Waals surface area contributed by atoms with Crippen LogP contribution >= 0.6 is 0 Å². The minimum atomic E-state index is -0.599. The minimum Gasteiger partial charge on any atom is -0.464 e. The summed E-state index contributed by atoms with van der Waals surface area (Å²) in [5, 5.41) is 0. The molecule has 0 aromatic carbocycles.